The van der Waals surface area contributed by atoms with E-state index in [1.807, 2.05) is 30.5 Å². The predicted octanol–water partition coefficient (Wildman–Crippen LogP) is 7.31. The monoisotopic (exact) mass is 462 g/mol. The normalized spacial score (nSPS) is 12.6. The number of amides is 1. The number of nitrogens with zero attached hydrogens (tertiary/aromatic N) is 1. The van der Waals surface area contributed by atoms with Gasteiger partial charge >= 0.3 is 0 Å². The van der Waals surface area contributed by atoms with Crippen LogP contribution < -0.4 is 10.1 Å². The summed E-state index contributed by atoms with van der Waals surface area (Å²) in [6, 6.07) is 12.4. The molecule has 0 fully saturated rings. The van der Waals surface area contributed by atoms with Crippen LogP contribution in [0.2, 0.25) is 0 Å². The number of nitrogens with one attached hydrogen (secondary N) is 1. The molecule has 184 valence electrons. The zero-order chi connectivity index (χ0) is 24.4. The molecule has 1 aromatic heterocycles. The minimum Gasteiger partial charge on any atom is -0.497 e. The molecule has 1 aromatic carbocycles. The number of rotatable bonds is 16. The van der Waals surface area contributed by atoms with Crippen LogP contribution in [0.5, 0.6) is 5.75 Å². The zero-order valence-corrected chi connectivity index (χ0v) is 21.3. The standard InChI is InChI=1S/C30H42N2O2/c1-4-5-6-7-8-9-16-27(28-19-21-29(34-3)22-20-28)17-11-18-30(33)32-25(2)13-10-14-26-15-12-23-31-24-26/h11-12,15,17-25H,4-10,13-14,16H2,1-3H3,(H,32,33)/b18-11+,27-17+/t25-/m1/s1. The minimum atomic E-state index is -0.0428. The first-order valence-corrected chi connectivity index (χ1v) is 12.8. The van der Waals surface area contributed by atoms with Gasteiger partial charge in [-0.3, -0.25) is 9.78 Å². The predicted molar refractivity (Wildman–Crippen MR) is 143 cm³/mol. The lowest BCUT2D eigenvalue weighted by Gasteiger charge is -2.12. The molecule has 0 spiro atoms. The van der Waals surface area contributed by atoms with Crippen molar-refractivity contribution in [1.29, 1.82) is 0 Å². The van der Waals surface area contributed by atoms with E-state index in [0.717, 1.165) is 37.9 Å². The van der Waals surface area contributed by atoms with Crippen molar-refractivity contribution in [3.8, 4) is 5.75 Å². The Morgan fingerprint density at radius 2 is 1.82 bits per heavy atom. The van der Waals surface area contributed by atoms with Crippen molar-refractivity contribution >= 4 is 11.5 Å². The van der Waals surface area contributed by atoms with E-state index in [0.29, 0.717) is 0 Å². The highest BCUT2D eigenvalue weighted by Crippen LogP contribution is 2.24. The molecule has 2 rings (SSSR count). The van der Waals surface area contributed by atoms with Gasteiger partial charge in [0.2, 0.25) is 5.91 Å². The van der Waals surface area contributed by atoms with Crippen molar-refractivity contribution in [1.82, 2.24) is 10.3 Å². The zero-order valence-electron chi connectivity index (χ0n) is 21.3. The molecular formula is C30H42N2O2. The number of ether oxygens (including phenoxy) is 1. The second kappa shape index (κ2) is 16.7. The summed E-state index contributed by atoms with van der Waals surface area (Å²) in [4.78, 5) is 16.5. The SMILES string of the molecule is CCCCCCCC/C(=C\C=C\C(=O)N[C@H](C)CCCc1cccnc1)c1ccc(OC)cc1. The summed E-state index contributed by atoms with van der Waals surface area (Å²) in [5.74, 6) is 0.814. The van der Waals surface area contributed by atoms with Crippen LogP contribution in [0, 0.1) is 0 Å². The van der Waals surface area contributed by atoms with Crippen LogP contribution >= 0.6 is 0 Å². The number of aryl methyl sites for hydroxylation is 1. The van der Waals surface area contributed by atoms with Crippen molar-refractivity contribution in [3.05, 3.63) is 78.1 Å². The number of allylic oxidation sites excluding steroid dienone is 3. The summed E-state index contributed by atoms with van der Waals surface area (Å²) in [6.45, 7) is 4.31. The highest BCUT2D eigenvalue weighted by atomic mass is 16.5. The van der Waals surface area contributed by atoms with E-state index < -0.39 is 0 Å². The molecule has 2 aromatic rings. The Bertz CT molecular complexity index is 872. The molecule has 4 heteroatoms. The Morgan fingerprint density at radius 1 is 1.06 bits per heavy atom. The van der Waals surface area contributed by atoms with Gasteiger partial charge in [-0.15, -0.1) is 0 Å². The van der Waals surface area contributed by atoms with Crippen molar-refractivity contribution < 1.29 is 9.53 Å². The third-order valence-corrected chi connectivity index (χ3v) is 6.02. The number of aromatic nitrogens is 1. The fourth-order valence-electron chi connectivity index (χ4n) is 4.00. The maximum atomic E-state index is 12.4. The highest BCUT2D eigenvalue weighted by Gasteiger charge is 2.06. The molecule has 0 radical (unpaired) electrons. The molecule has 0 saturated heterocycles. The van der Waals surface area contributed by atoms with Gasteiger partial charge in [0.15, 0.2) is 0 Å². The average Bonchev–Trinajstić information content (AvgIpc) is 2.85. The lowest BCUT2D eigenvalue weighted by atomic mass is 9.98. The summed E-state index contributed by atoms with van der Waals surface area (Å²) in [5, 5.41) is 3.08. The van der Waals surface area contributed by atoms with Crippen LogP contribution in [0.15, 0.2) is 67.0 Å². The molecule has 1 amide bonds. The van der Waals surface area contributed by atoms with E-state index in [4.69, 9.17) is 4.74 Å². The molecule has 0 unspecified atom stereocenters. The van der Waals surface area contributed by atoms with Crippen LogP contribution in [0.4, 0.5) is 0 Å². The van der Waals surface area contributed by atoms with Crippen molar-refractivity contribution in [2.75, 3.05) is 7.11 Å². The third kappa shape index (κ3) is 11.3. The van der Waals surface area contributed by atoms with Gasteiger partial charge in [-0.2, -0.15) is 0 Å². The van der Waals surface area contributed by atoms with Crippen LogP contribution in [-0.4, -0.2) is 24.0 Å². The van der Waals surface area contributed by atoms with E-state index in [2.05, 4.69) is 48.4 Å². The van der Waals surface area contributed by atoms with Gasteiger partial charge in [0.05, 0.1) is 7.11 Å². The number of methoxy groups -OCH3 is 1. The molecule has 0 aliphatic rings. The second-order valence-corrected chi connectivity index (χ2v) is 8.96. The Balaban J connectivity index is 1.86. The van der Waals surface area contributed by atoms with E-state index in [1.54, 1.807) is 19.4 Å². The number of hydrogen-bond acceptors (Lipinski definition) is 3. The van der Waals surface area contributed by atoms with Crippen LogP contribution in [0.25, 0.3) is 5.57 Å². The molecule has 1 atom stereocenters. The average molecular weight is 463 g/mol. The summed E-state index contributed by atoms with van der Waals surface area (Å²) < 4.78 is 5.30. The summed E-state index contributed by atoms with van der Waals surface area (Å²) in [7, 11) is 1.68. The summed E-state index contributed by atoms with van der Waals surface area (Å²) in [6.07, 6.45) is 20.9. The number of carbonyl (C=O) groups is 1. The Morgan fingerprint density at radius 3 is 2.53 bits per heavy atom. The first-order valence-electron chi connectivity index (χ1n) is 12.8. The first kappa shape index (κ1) is 27.4. The largest absolute Gasteiger partial charge is 0.497 e. The second-order valence-electron chi connectivity index (χ2n) is 8.96. The Hall–Kier alpha value is -2.88. The van der Waals surface area contributed by atoms with Crippen LogP contribution in [-0.2, 0) is 11.2 Å². The molecule has 1 heterocycles. The highest BCUT2D eigenvalue weighted by molar-refractivity contribution is 5.88. The van der Waals surface area contributed by atoms with E-state index in [-0.39, 0.29) is 11.9 Å². The molecule has 0 aliphatic heterocycles. The third-order valence-electron chi connectivity index (χ3n) is 6.02. The fraction of sp³-hybridized carbons (Fsp3) is 0.467. The smallest absolute Gasteiger partial charge is 0.244 e. The van der Waals surface area contributed by atoms with Gasteiger partial charge in [0.25, 0.3) is 0 Å². The van der Waals surface area contributed by atoms with Gasteiger partial charge in [0.1, 0.15) is 5.75 Å². The molecule has 0 bridgehead atoms. The fourth-order valence-corrected chi connectivity index (χ4v) is 4.00. The quantitative estimate of drug-likeness (QED) is 0.162. The molecule has 0 saturated carbocycles. The maximum absolute atomic E-state index is 12.4. The van der Waals surface area contributed by atoms with Crippen molar-refractivity contribution in [2.24, 2.45) is 0 Å². The van der Waals surface area contributed by atoms with Gasteiger partial charge < -0.3 is 10.1 Å². The van der Waals surface area contributed by atoms with E-state index >= 15 is 0 Å². The molecular weight excluding hydrogens is 420 g/mol. The lowest BCUT2D eigenvalue weighted by molar-refractivity contribution is -0.117. The van der Waals surface area contributed by atoms with Gasteiger partial charge in [-0.1, -0.05) is 69.4 Å². The Kier molecular flexibility index (Phi) is 13.4. The van der Waals surface area contributed by atoms with Gasteiger partial charge in [0, 0.05) is 24.5 Å². The lowest BCUT2D eigenvalue weighted by Crippen LogP contribution is -2.31. The molecule has 0 aliphatic carbocycles. The topological polar surface area (TPSA) is 51.2 Å². The Labute approximate surface area is 206 Å². The van der Waals surface area contributed by atoms with Crippen molar-refractivity contribution in [2.45, 2.75) is 84.1 Å². The van der Waals surface area contributed by atoms with Gasteiger partial charge in [-0.05, 0) is 73.9 Å². The van der Waals surface area contributed by atoms with E-state index in [1.165, 1.54) is 48.8 Å². The van der Waals surface area contributed by atoms with Crippen LogP contribution in [0.3, 0.4) is 0 Å². The van der Waals surface area contributed by atoms with Crippen molar-refractivity contribution in [3.63, 3.8) is 0 Å². The number of unbranched alkanes of at least 4 members (excludes halogenated alkanes) is 5. The first-order chi connectivity index (χ1) is 16.6. The summed E-state index contributed by atoms with van der Waals surface area (Å²) >= 11 is 0. The summed E-state index contributed by atoms with van der Waals surface area (Å²) in [5.41, 5.74) is 3.68. The van der Waals surface area contributed by atoms with Gasteiger partial charge in [-0.25, -0.2) is 0 Å². The molecule has 4 nitrogen and oxygen atoms in total. The molecule has 1 N–H and O–H groups in total. The van der Waals surface area contributed by atoms with E-state index in [9.17, 15) is 4.79 Å². The number of benzene rings is 1. The number of pyridine rings is 1. The maximum Gasteiger partial charge on any atom is 0.244 e. The molecule has 34 heavy (non-hydrogen) atoms. The number of hydrogen-bond donors (Lipinski definition) is 1. The minimum absolute atomic E-state index is 0.0428. The number of carbonyl (C=O) groups excluding carboxylic acids is 1. The van der Waals surface area contributed by atoms with Crippen LogP contribution in [0.1, 0.15) is 82.8 Å².